The average Bonchev–Trinajstić information content (AvgIpc) is 3.00. The van der Waals surface area contributed by atoms with E-state index in [0.29, 0.717) is 15.6 Å². The fraction of sp³-hybridized carbons (Fsp3) is 0.143. The molecule has 1 N–H and O–H groups in total. The number of furan rings is 1. The molecule has 1 aliphatic rings. The van der Waals surface area contributed by atoms with Gasteiger partial charge >= 0.3 is 6.03 Å². The molecule has 0 unspecified atom stereocenters. The van der Waals surface area contributed by atoms with Crippen LogP contribution in [0.5, 0.6) is 0 Å². The summed E-state index contributed by atoms with van der Waals surface area (Å²) in [7, 11) is -3.90. The molecular weight excluding hydrogens is 388 g/mol. The predicted octanol–water partition coefficient (Wildman–Crippen LogP) is 2.09. The van der Waals surface area contributed by atoms with Crippen LogP contribution >= 0.6 is 15.9 Å². The second-order valence-electron chi connectivity index (χ2n) is 4.82. The van der Waals surface area contributed by atoms with Crippen LogP contribution in [0.4, 0.5) is 4.79 Å². The van der Waals surface area contributed by atoms with Crippen LogP contribution in [-0.2, 0) is 14.8 Å². The first kappa shape index (κ1) is 15.8. The highest BCUT2D eigenvalue weighted by atomic mass is 79.9. The molecular formula is C14H11BrN2O5S. The minimum atomic E-state index is -3.90. The maximum atomic E-state index is 12.1. The molecule has 9 heteroatoms. The highest BCUT2D eigenvalue weighted by Crippen LogP contribution is 2.31. The molecule has 7 nitrogen and oxygen atoms in total. The maximum Gasteiger partial charge on any atom is 0.338 e. The first-order chi connectivity index (χ1) is 10.9. The van der Waals surface area contributed by atoms with E-state index in [2.05, 4.69) is 15.9 Å². The Balaban J connectivity index is 1.79. The Morgan fingerprint density at radius 1 is 1.30 bits per heavy atom. The van der Waals surface area contributed by atoms with E-state index in [1.165, 1.54) is 12.2 Å². The number of hydrogen-bond acceptors (Lipinski definition) is 5. The summed E-state index contributed by atoms with van der Waals surface area (Å²) in [6.07, 6.45) is 2.88. The summed E-state index contributed by atoms with van der Waals surface area (Å²) in [5.41, 5.74) is 0.673. The van der Waals surface area contributed by atoms with Gasteiger partial charge in [-0.25, -0.2) is 17.5 Å². The van der Waals surface area contributed by atoms with Crippen LogP contribution in [0.25, 0.3) is 17.0 Å². The molecule has 2 aromatic rings. The molecule has 0 bridgehead atoms. The summed E-state index contributed by atoms with van der Waals surface area (Å²) in [6.45, 7) is -0.483. The number of amides is 3. The average molecular weight is 399 g/mol. The number of imide groups is 1. The van der Waals surface area contributed by atoms with Gasteiger partial charge in [-0.3, -0.25) is 10.1 Å². The topological polar surface area (TPSA) is 96.7 Å². The zero-order valence-electron chi connectivity index (χ0n) is 11.7. The number of hydrogen-bond donors (Lipinski definition) is 1. The number of nitrogens with zero attached hydrogens (tertiary/aromatic N) is 1. The Morgan fingerprint density at radius 3 is 2.70 bits per heavy atom. The summed E-state index contributed by atoms with van der Waals surface area (Å²) in [5.74, 6) is -0.581. The number of fused-ring (bicyclic) bond motifs is 1. The van der Waals surface area contributed by atoms with Crippen LogP contribution in [0.1, 0.15) is 5.76 Å². The van der Waals surface area contributed by atoms with Gasteiger partial charge in [0.15, 0.2) is 0 Å². The van der Waals surface area contributed by atoms with Crippen LogP contribution in [-0.4, -0.2) is 37.0 Å². The summed E-state index contributed by atoms with van der Waals surface area (Å²) in [5, 5.41) is 2.80. The molecule has 1 fully saturated rings. The summed E-state index contributed by atoms with van der Waals surface area (Å²) < 4.78 is 31.0. The molecule has 2 heterocycles. The molecule has 120 valence electrons. The van der Waals surface area contributed by atoms with E-state index in [1.807, 2.05) is 23.5 Å². The molecule has 1 saturated heterocycles. The lowest BCUT2D eigenvalue weighted by molar-refractivity contribution is -0.118. The van der Waals surface area contributed by atoms with E-state index in [-0.39, 0.29) is 0 Å². The molecule has 3 rings (SSSR count). The van der Waals surface area contributed by atoms with E-state index in [9.17, 15) is 18.0 Å². The molecule has 0 atom stereocenters. The van der Waals surface area contributed by atoms with Gasteiger partial charge in [0, 0.05) is 5.39 Å². The maximum absolute atomic E-state index is 12.1. The van der Waals surface area contributed by atoms with E-state index in [4.69, 9.17) is 4.42 Å². The molecule has 3 amide bonds. The number of para-hydroxylation sites is 1. The molecule has 1 aliphatic heterocycles. The van der Waals surface area contributed by atoms with Crippen molar-refractivity contribution >= 4 is 54.9 Å². The lowest BCUT2D eigenvalue weighted by Gasteiger charge is -2.11. The van der Waals surface area contributed by atoms with Crippen molar-refractivity contribution < 1.29 is 22.4 Å². The number of nitrogens with one attached hydrogen (secondary N) is 1. The van der Waals surface area contributed by atoms with Gasteiger partial charge in [0.2, 0.25) is 15.9 Å². The zero-order chi connectivity index (χ0) is 16.6. The Kier molecular flexibility index (Phi) is 3.99. The SMILES string of the molecule is O=C1CN(S(=O)(=O)CC=Cc2oc3ccccc3c2Br)C(=O)N1. The van der Waals surface area contributed by atoms with E-state index in [0.717, 1.165) is 9.86 Å². The van der Waals surface area contributed by atoms with E-state index < -0.39 is 34.3 Å². The molecule has 1 aromatic carbocycles. The Hall–Kier alpha value is -2.13. The smallest absolute Gasteiger partial charge is 0.338 e. The van der Waals surface area contributed by atoms with Crippen molar-refractivity contribution in [2.45, 2.75) is 0 Å². The van der Waals surface area contributed by atoms with Gasteiger partial charge in [-0.15, -0.1) is 0 Å². The quantitative estimate of drug-likeness (QED) is 0.795. The Labute approximate surface area is 140 Å². The van der Waals surface area contributed by atoms with Gasteiger partial charge < -0.3 is 4.42 Å². The third kappa shape index (κ3) is 3.02. The first-order valence-corrected chi connectivity index (χ1v) is 8.96. The molecule has 0 spiro atoms. The normalized spacial score (nSPS) is 15.8. The number of carbonyl (C=O) groups excluding carboxylic acids is 2. The summed E-state index contributed by atoms with van der Waals surface area (Å²) in [4.78, 5) is 22.5. The van der Waals surface area contributed by atoms with Crippen molar-refractivity contribution in [2.75, 3.05) is 12.3 Å². The van der Waals surface area contributed by atoms with Gasteiger partial charge in [0.25, 0.3) is 0 Å². The predicted molar refractivity (Wildman–Crippen MR) is 87.0 cm³/mol. The number of rotatable bonds is 4. The first-order valence-electron chi connectivity index (χ1n) is 6.56. The van der Waals surface area contributed by atoms with Crippen LogP contribution in [0.3, 0.4) is 0 Å². The number of sulfonamides is 1. The third-order valence-corrected chi connectivity index (χ3v) is 5.63. The fourth-order valence-corrected chi connectivity index (χ4v) is 3.83. The van der Waals surface area contributed by atoms with Crippen molar-refractivity contribution in [3.05, 3.63) is 40.6 Å². The number of halogens is 1. The van der Waals surface area contributed by atoms with Gasteiger partial charge in [0.05, 0.1) is 10.2 Å². The number of benzene rings is 1. The molecule has 1 aromatic heterocycles. The van der Waals surface area contributed by atoms with Gasteiger partial charge in [0.1, 0.15) is 17.9 Å². The second kappa shape index (κ2) is 5.82. The van der Waals surface area contributed by atoms with Crippen LogP contribution < -0.4 is 5.32 Å². The van der Waals surface area contributed by atoms with Gasteiger partial charge in [-0.2, -0.15) is 0 Å². The summed E-state index contributed by atoms with van der Waals surface area (Å²) in [6, 6.07) is 6.45. The lowest BCUT2D eigenvalue weighted by Crippen LogP contribution is -2.35. The third-order valence-electron chi connectivity index (χ3n) is 3.23. The molecule has 0 radical (unpaired) electrons. The van der Waals surface area contributed by atoms with Crippen molar-refractivity contribution in [3.63, 3.8) is 0 Å². The monoisotopic (exact) mass is 398 g/mol. The minimum Gasteiger partial charge on any atom is -0.455 e. The Morgan fingerprint density at radius 2 is 2.04 bits per heavy atom. The van der Waals surface area contributed by atoms with Crippen molar-refractivity contribution in [3.8, 4) is 0 Å². The molecule has 23 heavy (non-hydrogen) atoms. The van der Waals surface area contributed by atoms with Gasteiger partial charge in [-0.1, -0.05) is 18.2 Å². The van der Waals surface area contributed by atoms with Crippen LogP contribution in [0, 0.1) is 0 Å². The highest BCUT2D eigenvalue weighted by Gasteiger charge is 2.35. The summed E-state index contributed by atoms with van der Waals surface area (Å²) >= 11 is 3.40. The number of carbonyl (C=O) groups is 2. The van der Waals surface area contributed by atoms with Crippen LogP contribution in [0.2, 0.25) is 0 Å². The Bertz CT molecular complexity index is 932. The van der Waals surface area contributed by atoms with Crippen molar-refractivity contribution in [1.29, 1.82) is 0 Å². The van der Waals surface area contributed by atoms with Crippen LogP contribution in [0.15, 0.2) is 39.2 Å². The fourth-order valence-electron chi connectivity index (χ4n) is 2.15. The van der Waals surface area contributed by atoms with Gasteiger partial charge in [-0.05, 0) is 34.1 Å². The molecule has 0 saturated carbocycles. The standard InChI is InChI=1S/C14H11BrN2O5S/c15-13-9-4-1-2-5-10(9)22-11(13)6-3-7-23(20,21)17-8-12(18)16-14(17)19/h1-6H,7-8H2,(H,16,18,19). The number of urea groups is 1. The zero-order valence-corrected chi connectivity index (χ0v) is 14.1. The second-order valence-corrected chi connectivity index (χ2v) is 7.55. The highest BCUT2D eigenvalue weighted by molar-refractivity contribution is 9.10. The van der Waals surface area contributed by atoms with Crippen molar-refractivity contribution in [1.82, 2.24) is 9.62 Å². The molecule has 0 aliphatic carbocycles. The van der Waals surface area contributed by atoms with E-state index in [1.54, 1.807) is 6.07 Å². The van der Waals surface area contributed by atoms with Crippen molar-refractivity contribution in [2.24, 2.45) is 0 Å². The van der Waals surface area contributed by atoms with E-state index >= 15 is 0 Å². The lowest BCUT2D eigenvalue weighted by atomic mass is 10.2. The largest absolute Gasteiger partial charge is 0.455 e. The minimum absolute atomic E-state index is 0.419.